The Morgan fingerprint density at radius 3 is 2.30 bits per heavy atom. The summed E-state index contributed by atoms with van der Waals surface area (Å²) in [5, 5.41) is 3.10. The zero-order chi connectivity index (χ0) is 20.2. The maximum absolute atomic E-state index is 12.9. The van der Waals surface area contributed by atoms with Crippen molar-refractivity contribution in [3.8, 4) is 0 Å². The highest BCUT2D eigenvalue weighted by molar-refractivity contribution is 7.92. The van der Waals surface area contributed by atoms with Crippen molar-refractivity contribution in [1.29, 1.82) is 0 Å². The Kier molecular flexibility index (Phi) is 6.65. The third-order valence-electron chi connectivity index (χ3n) is 4.52. The molecule has 146 valence electrons. The number of carbonyl (C=O) groups excluding carboxylic acids is 1. The van der Waals surface area contributed by atoms with Crippen molar-refractivity contribution in [3.05, 3.63) is 65.2 Å². The van der Waals surface area contributed by atoms with Crippen LogP contribution >= 0.6 is 0 Å². The zero-order valence-electron chi connectivity index (χ0n) is 16.6. The largest absolute Gasteiger partial charge is 0.345 e. The molecule has 0 bridgehead atoms. The van der Waals surface area contributed by atoms with Gasteiger partial charge in [0.2, 0.25) is 10.0 Å². The lowest BCUT2D eigenvalue weighted by Gasteiger charge is -2.23. The molecule has 27 heavy (non-hydrogen) atoms. The van der Waals surface area contributed by atoms with Gasteiger partial charge in [-0.1, -0.05) is 50.2 Å². The highest BCUT2D eigenvalue weighted by Crippen LogP contribution is 2.25. The molecule has 0 saturated carbocycles. The lowest BCUT2D eigenvalue weighted by molar-refractivity contribution is 0.0932. The molecule has 1 atom stereocenters. The van der Waals surface area contributed by atoms with Gasteiger partial charge in [0.15, 0.2) is 0 Å². The van der Waals surface area contributed by atoms with Gasteiger partial charge in [0.1, 0.15) is 0 Å². The molecule has 1 amide bonds. The van der Waals surface area contributed by atoms with Crippen molar-refractivity contribution in [2.75, 3.05) is 17.6 Å². The Morgan fingerprint density at radius 1 is 1.11 bits per heavy atom. The van der Waals surface area contributed by atoms with E-state index in [1.165, 1.54) is 11.4 Å². The van der Waals surface area contributed by atoms with E-state index in [0.717, 1.165) is 23.8 Å². The van der Waals surface area contributed by atoms with Gasteiger partial charge in [-0.2, -0.15) is 0 Å². The van der Waals surface area contributed by atoms with Crippen LogP contribution in [0.3, 0.4) is 0 Å². The summed E-state index contributed by atoms with van der Waals surface area (Å²) < 4.78 is 24.9. The first kappa shape index (κ1) is 21.0. The van der Waals surface area contributed by atoms with E-state index in [-0.39, 0.29) is 11.9 Å². The summed E-state index contributed by atoms with van der Waals surface area (Å²) in [5.41, 5.74) is 2.79. The normalized spacial score (nSPS) is 12.7. The summed E-state index contributed by atoms with van der Waals surface area (Å²) in [6.07, 6.45) is 1.96. The average molecular weight is 389 g/mol. The topological polar surface area (TPSA) is 66.5 Å². The lowest BCUT2D eigenvalue weighted by atomic mass is 9.96. The number of carbonyl (C=O) groups is 1. The second kappa shape index (κ2) is 8.57. The van der Waals surface area contributed by atoms with E-state index in [2.05, 4.69) is 19.2 Å². The lowest BCUT2D eigenvalue weighted by Crippen LogP contribution is -2.30. The van der Waals surface area contributed by atoms with Gasteiger partial charge >= 0.3 is 0 Å². The molecule has 0 aromatic heterocycles. The second-order valence-electron chi connectivity index (χ2n) is 7.30. The fourth-order valence-electron chi connectivity index (χ4n) is 2.95. The molecule has 0 aliphatic rings. The molecule has 0 saturated heterocycles. The Labute approximate surface area is 162 Å². The number of hydrogen-bond acceptors (Lipinski definition) is 3. The van der Waals surface area contributed by atoms with Crippen molar-refractivity contribution in [2.24, 2.45) is 5.92 Å². The van der Waals surface area contributed by atoms with Crippen LogP contribution in [0, 0.1) is 12.8 Å². The van der Waals surface area contributed by atoms with Crippen LogP contribution in [0.25, 0.3) is 0 Å². The molecule has 2 aromatic rings. The van der Waals surface area contributed by atoms with Gasteiger partial charge < -0.3 is 5.32 Å². The molecule has 0 unspecified atom stereocenters. The average Bonchev–Trinajstić information content (AvgIpc) is 2.60. The van der Waals surface area contributed by atoms with Crippen LogP contribution in [-0.4, -0.2) is 27.6 Å². The molecular weight excluding hydrogens is 360 g/mol. The second-order valence-corrected chi connectivity index (χ2v) is 9.31. The Morgan fingerprint density at radius 2 is 1.74 bits per heavy atom. The van der Waals surface area contributed by atoms with E-state index in [1.807, 2.05) is 37.3 Å². The maximum Gasteiger partial charge on any atom is 0.251 e. The number of sulfonamides is 1. The summed E-state index contributed by atoms with van der Waals surface area (Å²) in [6, 6.07) is 14.9. The van der Waals surface area contributed by atoms with Gasteiger partial charge in [0.25, 0.3) is 5.91 Å². The minimum Gasteiger partial charge on any atom is -0.345 e. The van der Waals surface area contributed by atoms with Gasteiger partial charge in [-0.05, 0) is 42.5 Å². The maximum atomic E-state index is 12.9. The fourth-order valence-corrected chi connectivity index (χ4v) is 3.50. The summed E-state index contributed by atoms with van der Waals surface area (Å²) in [7, 11) is -1.91. The summed E-state index contributed by atoms with van der Waals surface area (Å²) in [4.78, 5) is 12.9. The predicted molar refractivity (Wildman–Crippen MR) is 111 cm³/mol. The van der Waals surface area contributed by atoms with Crippen molar-refractivity contribution in [3.63, 3.8) is 0 Å². The fraction of sp³-hybridized carbons (Fsp3) is 0.381. The minimum atomic E-state index is -3.40. The molecule has 2 aromatic carbocycles. The number of anilines is 1. The number of nitrogens with zero attached hydrogens (tertiary/aromatic N) is 1. The van der Waals surface area contributed by atoms with Crippen LogP contribution < -0.4 is 9.62 Å². The third-order valence-corrected chi connectivity index (χ3v) is 5.71. The van der Waals surface area contributed by atoms with E-state index in [1.54, 1.807) is 18.2 Å². The molecule has 0 fully saturated rings. The van der Waals surface area contributed by atoms with Crippen molar-refractivity contribution in [1.82, 2.24) is 5.32 Å². The number of rotatable bonds is 7. The molecule has 6 heteroatoms. The highest BCUT2D eigenvalue weighted by atomic mass is 32.2. The summed E-state index contributed by atoms with van der Waals surface area (Å²) >= 11 is 0. The Bertz CT molecular complexity index is 893. The van der Waals surface area contributed by atoms with Crippen LogP contribution in [0.5, 0.6) is 0 Å². The standard InChI is InChI=1S/C21H28N2O3S/c1-15(2)13-19(17-9-7-6-8-10-17)22-21(24)18-12-11-16(3)20(14-18)23(4)27(5,25)26/h6-12,14-15,19H,13H2,1-5H3,(H,22,24)/t19-/m0/s1. The van der Waals surface area contributed by atoms with Gasteiger partial charge in [-0.25, -0.2) is 8.42 Å². The SMILES string of the molecule is Cc1ccc(C(=O)N[C@@H](CC(C)C)c2ccccc2)cc1N(C)S(C)(=O)=O. The van der Waals surface area contributed by atoms with E-state index in [9.17, 15) is 13.2 Å². The van der Waals surface area contributed by atoms with Crippen molar-refractivity contribution < 1.29 is 13.2 Å². The third kappa shape index (κ3) is 5.57. The number of nitrogens with one attached hydrogen (secondary N) is 1. The smallest absolute Gasteiger partial charge is 0.251 e. The van der Waals surface area contributed by atoms with Crippen LogP contribution in [0.2, 0.25) is 0 Å². The molecule has 0 heterocycles. The Hall–Kier alpha value is -2.34. The number of benzene rings is 2. The van der Waals surface area contributed by atoms with E-state index >= 15 is 0 Å². The molecule has 0 radical (unpaired) electrons. The van der Waals surface area contributed by atoms with Crippen LogP contribution in [-0.2, 0) is 10.0 Å². The van der Waals surface area contributed by atoms with Gasteiger partial charge in [-0.15, -0.1) is 0 Å². The minimum absolute atomic E-state index is 0.101. The zero-order valence-corrected chi connectivity index (χ0v) is 17.4. The van der Waals surface area contributed by atoms with Crippen molar-refractivity contribution >= 4 is 21.6 Å². The van der Waals surface area contributed by atoms with E-state index < -0.39 is 10.0 Å². The van der Waals surface area contributed by atoms with Gasteiger partial charge in [0, 0.05) is 12.6 Å². The summed E-state index contributed by atoms with van der Waals surface area (Å²) in [6.45, 7) is 6.06. The first-order chi connectivity index (χ1) is 12.6. The van der Waals surface area contributed by atoms with Gasteiger partial charge in [-0.3, -0.25) is 9.10 Å². The summed E-state index contributed by atoms with van der Waals surface area (Å²) in [5.74, 6) is 0.202. The Balaban J connectivity index is 2.30. The molecular formula is C21H28N2O3S. The first-order valence-electron chi connectivity index (χ1n) is 9.00. The van der Waals surface area contributed by atoms with Crippen molar-refractivity contribution in [2.45, 2.75) is 33.2 Å². The van der Waals surface area contributed by atoms with Gasteiger partial charge in [0.05, 0.1) is 18.0 Å². The molecule has 1 N–H and O–H groups in total. The van der Waals surface area contributed by atoms with Crippen LogP contribution in [0.1, 0.15) is 47.8 Å². The first-order valence-corrected chi connectivity index (χ1v) is 10.8. The molecule has 0 spiro atoms. The highest BCUT2D eigenvalue weighted by Gasteiger charge is 2.20. The predicted octanol–water partition coefficient (Wildman–Crippen LogP) is 3.91. The number of hydrogen-bond donors (Lipinski definition) is 1. The van der Waals surface area contributed by atoms with E-state index in [0.29, 0.717) is 17.2 Å². The van der Waals surface area contributed by atoms with Crippen LogP contribution in [0.15, 0.2) is 48.5 Å². The molecule has 5 nitrogen and oxygen atoms in total. The number of amides is 1. The molecule has 2 rings (SSSR count). The van der Waals surface area contributed by atoms with Crippen LogP contribution in [0.4, 0.5) is 5.69 Å². The monoisotopic (exact) mass is 388 g/mol. The number of aryl methyl sites for hydroxylation is 1. The molecule has 0 aliphatic carbocycles. The van der Waals surface area contributed by atoms with E-state index in [4.69, 9.17) is 0 Å². The molecule has 0 aliphatic heterocycles. The quantitative estimate of drug-likeness (QED) is 0.782.